The van der Waals surface area contributed by atoms with Gasteiger partial charge in [0.15, 0.2) is 11.5 Å². The van der Waals surface area contributed by atoms with Crippen LogP contribution in [0.25, 0.3) is 6.08 Å². The SMILES string of the molecule is C#CCOc1c(Br)cc(/C=C2\SC(=O)N(CC(=O)Nc3ccc(Cl)c(C(=O)OC)c3)C2=O)cc1OCC. The summed E-state index contributed by atoms with van der Waals surface area (Å²) in [5.74, 6) is 1.27. The van der Waals surface area contributed by atoms with E-state index in [1.54, 1.807) is 12.1 Å². The van der Waals surface area contributed by atoms with Gasteiger partial charge in [-0.15, -0.1) is 6.42 Å². The van der Waals surface area contributed by atoms with Crippen molar-refractivity contribution < 1.29 is 33.4 Å². The highest BCUT2D eigenvalue weighted by molar-refractivity contribution is 9.10. The second-order valence-corrected chi connectivity index (χ2v) is 9.51. The van der Waals surface area contributed by atoms with Gasteiger partial charge in [0.2, 0.25) is 5.91 Å². The topological polar surface area (TPSA) is 111 Å². The van der Waals surface area contributed by atoms with E-state index in [2.05, 4.69) is 31.9 Å². The summed E-state index contributed by atoms with van der Waals surface area (Å²) in [5.41, 5.74) is 0.872. The highest BCUT2D eigenvalue weighted by atomic mass is 79.9. The Bertz CT molecular complexity index is 1340. The van der Waals surface area contributed by atoms with E-state index in [1.807, 2.05) is 6.92 Å². The lowest BCUT2D eigenvalue weighted by Gasteiger charge is -2.14. The normalized spacial score (nSPS) is 13.9. The van der Waals surface area contributed by atoms with Crippen molar-refractivity contribution in [1.82, 2.24) is 4.90 Å². The molecule has 9 nitrogen and oxygen atoms in total. The number of ether oxygens (including phenoxy) is 3. The molecule has 3 amide bonds. The van der Waals surface area contributed by atoms with Crippen LogP contribution in [-0.2, 0) is 14.3 Å². The fourth-order valence-corrected chi connectivity index (χ4v) is 4.80. The molecule has 3 rings (SSSR count). The van der Waals surface area contributed by atoms with Crippen molar-refractivity contribution in [3.05, 3.63) is 55.9 Å². The van der Waals surface area contributed by atoms with Crippen molar-refractivity contribution in [1.29, 1.82) is 0 Å². The molecule has 1 aliphatic rings. The summed E-state index contributed by atoms with van der Waals surface area (Å²) in [7, 11) is 1.20. The van der Waals surface area contributed by atoms with E-state index >= 15 is 0 Å². The van der Waals surface area contributed by atoms with Crippen LogP contribution in [0.5, 0.6) is 11.5 Å². The molecule has 1 heterocycles. The number of benzene rings is 2. The predicted octanol–water partition coefficient (Wildman–Crippen LogP) is 4.97. The number of thioether (sulfide) groups is 1. The number of rotatable bonds is 9. The molecule has 0 aliphatic carbocycles. The number of hydrogen-bond donors (Lipinski definition) is 1. The van der Waals surface area contributed by atoms with Crippen LogP contribution in [0, 0.1) is 12.3 Å². The van der Waals surface area contributed by atoms with E-state index < -0.39 is 29.6 Å². The highest BCUT2D eigenvalue weighted by Gasteiger charge is 2.36. The van der Waals surface area contributed by atoms with Crippen molar-refractivity contribution in [2.24, 2.45) is 0 Å². The molecule has 1 N–H and O–H groups in total. The summed E-state index contributed by atoms with van der Waals surface area (Å²) in [5, 5.41) is 2.09. The first-order valence-electron chi connectivity index (χ1n) is 10.6. The summed E-state index contributed by atoms with van der Waals surface area (Å²) in [6.45, 7) is 1.69. The monoisotopic (exact) mass is 606 g/mol. The average molecular weight is 608 g/mol. The molecular weight excluding hydrogens is 588 g/mol. The fraction of sp³-hybridized carbons (Fsp3) is 0.200. The molecule has 2 aromatic rings. The van der Waals surface area contributed by atoms with E-state index in [9.17, 15) is 19.2 Å². The van der Waals surface area contributed by atoms with Crippen LogP contribution < -0.4 is 14.8 Å². The van der Waals surface area contributed by atoms with E-state index in [4.69, 9.17) is 27.5 Å². The van der Waals surface area contributed by atoms with Gasteiger partial charge in [-0.2, -0.15) is 0 Å². The molecule has 192 valence electrons. The largest absolute Gasteiger partial charge is 0.490 e. The smallest absolute Gasteiger partial charge is 0.339 e. The summed E-state index contributed by atoms with van der Waals surface area (Å²) < 4.78 is 16.4. The zero-order chi connectivity index (χ0) is 27.1. The highest BCUT2D eigenvalue weighted by Crippen LogP contribution is 2.39. The lowest BCUT2D eigenvalue weighted by molar-refractivity contribution is -0.127. The fourth-order valence-electron chi connectivity index (χ4n) is 3.19. The Morgan fingerprint density at radius 2 is 2.00 bits per heavy atom. The van der Waals surface area contributed by atoms with Crippen LogP contribution in [0.2, 0.25) is 5.02 Å². The number of anilines is 1. The van der Waals surface area contributed by atoms with Crippen LogP contribution in [0.3, 0.4) is 0 Å². The Morgan fingerprint density at radius 1 is 1.24 bits per heavy atom. The molecule has 0 unspecified atom stereocenters. The van der Waals surface area contributed by atoms with Gasteiger partial charge in [0, 0.05) is 5.69 Å². The summed E-state index contributed by atoms with van der Waals surface area (Å²) in [6, 6.07) is 7.58. The van der Waals surface area contributed by atoms with Crippen molar-refractivity contribution in [3.8, 4) is 23.8 Å². The number of methoxy groups -OCH3 is 1. The lowest BCUT2D eigenvalue weighted by Crippen LogP contribution is -2.36. The third-order valence-electron chi connectivity index (χ3n) is 4.76. The van der Waals surface area contributed by atoms with Crippen molar-refractivity contribution in [2.45, 2.75) is 6.92 Å². The molecule has 0 spiro atoms. The van der Waals surface area contributed by atoms with Gasteiger partial charge in [-0.3, -0.25) is 19.3 Å². The van der Waals surface area contributed by atoms with Crippen molar-refractivity contribution >= 4 is 74.1 Å². The molecule has 0 atom stereocenters. The maximum Gasteiger partial charge on any atom is 0.339 e. The third kappa shape index (κ3) is 6.85. The molecule has 2 aromatic carbocycles. The minimum absolute atomic E-state index is 0.0407. The van der Waals surface area contributed by atoms with Crippen LogP contribution in [0.15, 0.2) is 39.7 Å². The van der Waals surface area contributed by atoms with E-state index in [0.29, 0.717) is 39.9 Å². The number of imide groups is 1. The zero-order valence-electron chi connectivity index (χ0n) is 19.6. The third-order valence-corrected chi connectivity index (χ3v) is 6.59. The van der Waals surface area contributed by atoms with Crippen molar-refractivity contribution in [2.75, 3.05) is 32.2 Å². The minimum Gasteiger partial charge on any atom is -0.490 e. The Hall–Kier alpha value is -3.46. The molecule has 0 radical (unpaired) electrons. The molecule has 12 heteroatoms. The molecule has 1 aliphatic heterocycles. The maximum absolute atomic E-state index is 12.9. The van der Waals surface area contributed by atoms with Gasteiger partial charge >= 0.3 is 5.97 Å². The Morgan fingerprint density at radius 3 is 2.68 bits per heavy atom. The summed E-state index contributed by atoms with van der Waals surface area (Å²) >= 11 is 10.1. The maximum atomic E-state index is 12.9. The molecule has 1 fully saturated rings. The van der Waals surface area contributed by atoms with E-state index in [-0.39, 0.29) is 27.8 Å². The molecule has 0 saturated carbocycles. The van der Waals surface area contributed by atoms with Crippen LogP contribution in [0.1, 0.15) is 22.8 Å². The molecule has 37 heavy (non-hydrogen) atoms. The van der Waals surface area contributed by atoms with Crippen LogP contribution in [-0.4, -0.2) is 54.8 Å². The lowest BCUT2D eigenvalue weighted by atomic mass is 10.2. The van der Waals surface area contributed by atoms with Crippen LogP contribution >= 0.6 is 39.3 Å². The number of carbonyl (C=O) groups excluding carboxylic acids is 4. The van der Waals surface area contributed by atoms with Gasteiger partial charge in [0.05, 0.1) is 33.7 Å². The summed E-state index contributed by atoms with van der Waals surface area (Å²) in [4.78, 5) is 50.7. The first-order chi connectivity index (χ1) is 17.7. The quantitative estimate of drug-likeness (QED) is 0.242. The zero-order valence-corrected chi connectivity index (χ0v) is 22.8. The second kappa shape index (κ2) is 12.7. The number of carbonyl (C=O) groups is 4. The number of amides is 3. The van der Waals surface area contributed by atoms with Gasteiger partial charge in [-0.05, 0) is 76.6 Å². The second-order valence-electron chi connectivity index (χ2n) is 7.26. The number of halogens is 2. The predicted molar refractivity (Wildman–Crippen MR) is 144 cm³/mol. The van der Waals surface area contributed by atoms with Gasteiger partial charge in [-0.1, -0.05) is 17.5 Å². The minimum atomic E-state index is -0.674. The molecule has 0 bridgehead atoms. The van der Waals surface area contributed by atoms with Gasteiger partial charge in [-0.25, -0.2) is 4.79 Å². The molecule has 1 saturated heterocycles. The molecule has 0 aromatic heterocycles. The first-order valence-corrected chi connectivity index (χ1v) is 12.6. The van der Waals surface area contributed by atoms with Gasteiger partial charge < -0.3 is 19.5 Å². The standard InChI is InChI=1S/C25H20BrClN2O7S/c1-4-8-36-22-17(26)9-14(10-19(22)35-5-2)11-20-23(31)29(25(33)37-20)13-21(30)28-15-6-7-18(27)16(12-15)24(32)34-3/h1,6-7,9-12H,5,8,13H2,2-3H3,(H,28,30)/b20-11-. The van der Waals surface area contributed by atoms with E-state index in [0.717, 1.165) is 4.90 Å². The van der Waals surface area contributed by atoms with E-state index in [1.165, 1.54) is 31.4 Å². The van der Waals surface area contributed by atoms with Gasteiger partial charge in [0.25, 0.3) is 11.1 Å². The Kier molecular flexibility index (Phi) is 9.63. The Labute approximate surface area is 230 Å². The number of esters is 1. The molecular formula is C25H20BrClN2O7S. The summed E-state index contributed by atoms with van der Waals surface area (Å²) in [6.07, 6.45) is 6.79. The number of nitrogens with one attached hydrogen (secondary N) is 1. The van der Waals surface area contributed by atoms with Crippen LogP contribution in [0.4, 0.5) is 10.5 Å². The average Bonchev–Trinajstić information content (AvgIpc) is 3.11. The Balaban J connectivity index is 1.76. The first kappa shape index (κ1) is 28.1. The number of hydrogen-bond acceptors (Lipinski definition) is 8. The number of nitrogens with zero attached hydrogens (tertiary/aromatic N) is 1. The van der Waals surface area contributed by atoms with Gasteiger partial charge in [0.1, 0.15) is 13.2 Å². The van der Waals surface area contributed by atoms with Crippen molar-refractivity contribution in [3.63, 3.8) is 0 Å². The number of terminal acetylenes is 1.